The number of methoxy groups -OCH3 is 1. The van der Waals surface area contributed by atoms with Crippen LogP contribution in [0.1, 0.15) is 38.5 Å². The summed E-state index contributed by atoms with van der Waals surface area (Å²) in [6, 6.07) is 0. The fraction of sp³-hybridized carbons (Fsp3) is 0.900. The number of ether oxygens (including phenoxy) is 1. The zero-order valence-corrected chi connectivity index (χ0v) is 8.09. The molecule has 1 saturated carbocycles. The highest BCUT2D eigenvalue weighted by molar-refractivity contribution is 5.69. The van der Waals surface area contributed by atoms with Crippen molar-refractivity contribution in [2.24, 2.45) is 5.92 Å². The Morgan fingerprint density at radius 1 is 1.46 bits per heavy atom. The summed E-state index contributed by atoms with van der Waals surface area (Å²) in [5.41, 5.74) is 0. The van der Waals surface area contributed by atoms with Crippen molar-refractivity contribution in [3.05, 3.63) is 0 Å². The molecule has 0 aromatic carbocycles. The number of esters is 1. The van der Waals surface area contributed by atoms with Crippen molar-refractivity contribution in [2.75, 3.05) is 7.11 Å². The normalized spacial score (nSPS) is 28.5. The van der Waals surface area contributed by atoms with Crippen molar-refractivity contribution < 1.29 is 13.9 Å². The molecule has 0 unspecified atom stereocenters. The van der Waals surface area contributed by atoms with Gasteiger partial charge in [-0.1, -0.05) is 12.8 Å². The number of carbonyl (C=O) groups excluding carboxylic acids is 1. The van der Waals surface area contributed by atoms with Gasteiger partial charge in [-0.2, -0.15) is 0 Å². The van der Waals surface area contributed by atoms with E-state index in [0.29, 0.717) is 19.3 Å². The van der Waals surface area contributed by atoms with Crippen molar-refractivity contribution in [3.63, 3.8) is 0 Å². The lowest BCUT2D eigenvalue weighted by Gasteiger charge is -2.25. The summed E-state index contributed by atoms with van der Waals surface area (Å²) in [6.45, 7) is 0. The molecule has 0 aromatic heterocycles. The second-order valence-corrected chi connectivity index (χ2v) is 3.68. The van der Waals surface area contributed by atoms with Gasteiger partial charge in [-0.05, 0) is 25.2 Å². The summed E-state index contributed by atoms with van der Waals surface area (Å²) in [7, 11) is 1.37. The number of hydrogen-bond acceptors (Lipinski definition) is 2. The predicted octanol–water partition coefficient (Wildman–Crippen LogP) is 2.47. The van der Waals surface area contributed by atoms with Crippen LogP contribution in [-0.4, -0.2) is 19.3 Å². The summed E-state index contributed by atoms with van der Waals surface area (Å²) < 4.78 is 17.8. The van der Waals surface area contributed by atoms with Crippen LogP contribution in [0.5, 0.6) is 0 Å². The number of alkyl halides is 1. The maximum Gasteiger partial charge on any atom is 0.305 e. The van der Waals surface area contributed by atoms with Crippen molar-refractivity contribution >= 4 is 5.97 Å². The zero-order valence-electron chi connectivity index (χ0n) is 8.09. The van der Waals surface area contributed by atoms with Gasteiger partial charge < -0.3 is 4.74 Å². The van der Waals surface area contributed by atoms with E-state index in [9.17, 15) is 9.18 Å². The minimum atomic E-state index is -0.696. The van der Waals surface area contributed by atoms with Crippen molar-refractivity contribution in [2.45, 2.75) is 44.7 Å². The molecular formula is C10H17FO2. The first-order valence-electron chi connectivity index (χ1n) is 4.95. The van der Waals surface area contributed by atoms with Crippen LogP contribution < -0.4 is 0 Å². The third-order valence-electron chi connectivity index (χ3n) is 2.76. The molecule has 3 heteroatoms. The lowest BCUT2D eigenvalue weighted by molar-refractivity contribution is -0.141. The fourth-order valence-electron chi connectivity index (χ4n) is 1.89. The molecule has 0 aromatic rings. The lowest BCUT2D eigenvalue weighted by atomic mass is 9.84. The first-order valence-corrected chi connectivity index (χ1v) is 4.95. The molecule has 1 rings (SSSR count). The summed E-state index contributed by atoms with van der Waals surface area (Å²) in [6.07, 6.45) is 4.01. The van der Waals surface area contributed by atoms with E-state index >= 15 is 0 Å². The SMILES string of the molecule is COC(=O)CC[C@H]1CCCC[C@H]1F. The first-order chi connectivity index (χ1) is 6.24. The van der Waals surface area contributed by atoms with Crippen LogP contribution in [0.4, 0.5) is 4.39 Å². The van der Waals surface area contributed by atoms with Gasteiger partial charge in [-0.25, -0.2) is 4.39 Å². The summed E-state index contributed by atoms with van der Waals surface area (Å²) >= 11 is 0. The molecule has 0 radical (unpaired) electrons. The molecule has 2 nitrogen and oxygen atoms in total. The van der Waals surface area contributed by atoms with Crippen molar-refractivity contribution in [1.82, 2.24) is 0 Å². The van der Waals surface area contributed by atoms with E-state index in [-0.39, 0.29) is 11.9 Å². The van der Waals surface area contributed by atoms with E-state index in [1.54, 1.807) is 0 Å². The van der Waals surface area contributed by atoms with Gasteiger partial charge in [-0.3, -0.25) is 4.79 Å². The highest BCUT2D eigenvalue weighted by atomic mass is 19.1. The molecule has 1 aliphatic rings. The van der Waals surface area contributed by atoms with Crippen LogP contribution in [0.2, 0.25) is 0 Å². The molecule has 13 heavy (non-hydrogen) atoms. The zero-order chi connectivity index (χ0) is 9.68. The number of rotatable bonds is 3. The van der Waals surface area contributed by atoms with E-state index in [1.165, 1.54) is 7.11 Å². The lowest BCUT2D eigenvalue weighted by Crippen LogP contribution is -2.21. The molecule has 0 saturated heterocycles. The Balaban J connectivity index is 2.22. The molecule has 0 heterocycles. The molecule has 76 valence electrons. The van der Waals surface area contributed by atoms with E-state index in [2.05, 4.69) is 4.74 Å². The monoisotopic (exact) mass is 188 g/mol. The van der Waals surface area contributed by atoms with Gasteiger partial charge >= 0.3 is 5.97 Å². The molecule has 0 bridgehead atoms. The minimum absolute atomic E-state index is 0.0906. The Morgan fingerprint density at radius 2 is 2.15 bits per heavy atom. The third-order valence-corrected chi connectivity index (χ3v) is 2.76. The topological polar surface area (TPSA) is 26.3 Å². The molecule has 0 spiro atoms. The van der Waals surface area contributed by atoms with Gasteiger partial charge in [0.05, 0.1) is 7.11 Å². The molecule has 0 N–H and O–H groups in total. The van der Waals surface area contributed by atoms with E-state index in [0.717, 1.165) is 19.3 Å². The molecule has 1 aliphatic carbocycles. The van der Waals surface area contributed by atoms with Crippen LogP contribution in [-0.2, 0) is 9.53 Å². The maximum atomic E-state index is 13.3. The highest BCUT2D eigenvalue weighted by Gasteiger charge is 2.24. The smallest absolute Gasteiger partial charge is 0.305 e. The Hall–Kier alpha value is -0.600. The van der Waals surface area contributed by atoms with Gasteiger partial charge in [0.1, 0.15) is 6.17 Å². The van der Waals surface area contributed by atoms with Gasteiger partial charge in [0.25, 0.3) is 0 Å². The van der Waals surface area contributed by atoms with Crippen LogP contribution >= 0.6 is 0 Å². The molecule has 1 fully saturated rings. The Labute approximate surface area is 78.5 Å². The molecule has 0 aliphatic heterocycles. The third kappa shape index (κ3) is 3.33. The van der Waals surface area contributed by atoms with Gasteiger partial charge in [0.2, 0.25) is 0 Å². The van der Waals surface area contributed by atoms with Crippen LogP contribution in [0.3, 0.4) is 0 Å². The van der Waals surface area contributed by atoms with Crippen molar-refractivity contribution in [3.8, 4) is 0 Å². The van der Waals surface area contributed by atoms with Crippen molar-refractivity contribution in [1.29, 1.82) is 0 Å². The molecule has 2 atom stereocenters. The summed E-state index contributed by atoms with van der Waals surface area (Å²) in [5.74, 6) is -0.134. The Bertz CT molecular complexity index is 170. The van der Waals surface area contributed by atoms with Crippen LogP contribution in [0.25, 0.3) is 0 Å². The number of hydrogen-bond donors (Lipinski definition) is 0. The Kier molecular flexibility index (Phi) is 4.19. The molecule has 0 amide bonds. The van der Waals surface area contributed by atoms with E-state index in [4.69, 9.17) is 0 Å². The second kappa shape index (κ2) is 5.20. The number of halogens is 1. The maximum absolute atomic E-state index is 13.3. The largest absolute Gasteiger partial charge is 0.469 e. The Morgan fingerprint density at radius 3 is 2.77 bits per heavy atom. The average Bonchev–Trinajstić information content (AvgIpc) is 2.16. The van der Waals surface area contributed by atoms with E-state index < -0.39 is 6.17 Å². The number of carbonyl (C=O) groups is 1. The standard InChI is InChI=1S/C10H17FO2/c1-13-10(12)7-6-8-4-2-3-5-9(8)11/h8-9H,2-7H2,1H3/t8-,9-/m1/s1. The second-order valence-electron chi connectivity index (χ2n) is 3.68. The van der Waals surface area contributed by atoms with Crippen LogP contribution in [0, 0.1) is 5.92 Å². The minimum Gasteiger partial charge on any atom is -0.469 e. The fourth-order valence-corrected chi connectivity index (χ4v) is 1.89. The first kappa shape index (κ1) is 10.5. The quantitative estimate of drug-likeness (QED) is 0.636. The highest BCUT2D eigenvalue weighted by Crippen LogP contribution is 2.30. The van der Waals surface area contributed by atoms with Gasteiger partial charge in [0, 0.05) is 6.42 Å². The molecular weight excluding hydrogens is 171 g/mol. The average molecular weight is 188 g/mol. The van der Waals surface area contributed by atoms with Gasteiger partial charge in [-0.15, -0.1) is 0 Å². The van der Waals surface area contributed by atoms with Gasteiger partial charge in [0.15, 0.2) is 0 Å². The summed E-state index contributed by atoms with van der Waals surface area (Å²) in [5, 5.41) is 0. The van der Waals surface area contributed by atoms with E-state index in [1.807, 2.05) is 0 Å². The predicted molar refractivity (Wildman–Crippen MR) is 48.1 cm³/mol. The summed E-state index contributed by atoms with van der Waals surface area (Å²) in [4.78, 5) is 10.8. The van der Waals surface area contributed by atoms with Crippen LogP contribution in [0.15, 0.2) is 0 Å².